The number of carbonyl (C=O) groups is 1. The topological polar surface area (TPSA) is 32.3 Å². The maximum Gasteiger partial charge on any atom is 0.391 e. The highest BCUT2D eigenvalue weighted by Gasteiger charge is 2.41. The molecule has 0 spiro atoms. The third-order valence-corrected chi connectivity index (χ3v) is 4.07. The van der Waals surface area contributed by atoms with Gasteiger partial charge in [0.15, 0.2) is 0 Å². The Morgan fingerprint density at radius 1 is 1.19 bits per heavy atom. The van der Waals surface area contributed by atoms with Crippen LogP contribution in [0.3, 0.4) is 0 Å². The van der Waals surface area contributed by atoms with E-state index in [0.717, 1.165) is 0 Å². The average molecular weight is 308 g/mol. The van der Waals surface area contributed by atoms with Gasteiger partial charge in [-0.15, -0.1) is 0 Å². The quantitative estimate of drug-likeness (QED) is 0.846. The molecule has 21 heavy (non-hydrogen) atoms. The molecule has 1 aliphatic rings. The van der Waals surface area contributed by atoms with Gasteiger partial charge in [0.1, 0.15) is 0 Å². The largest absolute Gasteiger partial charge is 0.391 e. The van der Waals surface area contributed by atoms with Crippen molar-refractivity contribution in [2.24, 2.45) is 11.8 Å². The van der Waals surface area contributed by atoms with Gasteiger partial charge in [-0.25, -0.2) is 0 Å². The number of rotatable bonds is 5. The fraction of sp³-hybridized carbons (Fsp3) is 0.933. The second-order valence-corrected chi connectivity index (χ2v) is 6.67. The number of carbonyl (C=O) groups excluding carboxylic acids is 1. The Bertz CT molecular complexity index is 334. The van der Waals surface area contributed by atoms with Crippen molar-refractivity contribution in [3.05, 3.63) is 0 Å². The van der Waals surface area contributed by atoms with Crippen molar-refractivity contribution in [1.29, 1.82) is 0 Å². The third kappa shape index (κ3) is 5.85. The second-order valence-electron chi connectivity index (χ2n) is 6.67. The minimum Gasteiger partial charge on any atom is -0.347 e. The molecule has 1 fully saturated rings. The fourth-order valence-corrected chi connectivity index (χ4v) is 2.90. The van der Waals surface area contributed by atoms with Crippen LogP contribution in [0.2, 0.25) is 0 Å². The van der Waals surface area contributed by atoms with Gasteiger partial charge in [0.05, 0.1) is 12.0 Å². The standard InChI is InChI=1S/C15H27F3N2O/c1-10(2)9-13(14(21)20(3)4)19-12-7-5-11(6-8-12)15(16,17)18/h10-13,19H,5-9H2,1-4H3. The van der Waals surface area contributed by atoms with Crippen LogP contribution in [0.4, 0.5) is 13.2 Å². The monoisotopic (exact) mass is 308 g/mol. The van der Waals surface area contributed by atoms with Crippen molar-refractivity contribution in [1.82, 2.24) is 10.2 Å². The maximum absolute atomic E-state index is 12.7. The van der Waals surface area contributed by atoms with E-state index in [1.54, 1.807) is 19.0 Å². The predicted octanol–water partition coefficient (Wildman–Crippen LogP) is 3.20. The number of likely N-dealkylation sites (N-methyl/N-ethyl adjacent to an activating group) is 1. The summed E-state index contributed by atoms with van der Waals surface area (Å²) in [5.74, 6) is -0.816. The Labute approximate surface area is 125 Å². The van der Waals surface area contributed by atoms with Crippen LogP contribution in [0.5, 0.6) is 0 Å². The maximum atomic E-state index is 12.7. The molecule has 0 aromatic carbocycles. The molecular formula is C15H27F3N2O. The first-order valence-electron chi connectivity index (χ1n) is 7.65. The van der Waals surface area contributed by atoms with Crippen LogP contribution in [0.15, 0.2) is 0 Å². The Kier molecular flexibility index (Phi) is 6.50. The van der Waals surface area contributed by atoms with Gasteiger partial charge in [-0.1, -0.05) is 13.8 Å². The first kappa shape index (κ1) is 18.3. The van der Waals surface area contributed by atoms with Crippen LogP contribution in [0.25, 0.3) is 0 Å². The smallest absolute Gasteiger partial charge is 0.347 e. The van der Waals surface area contributed by atoms with E-state index in [1.165, 1.54) is 0 Å². The van der Waals surface area contributed by atoms with E-state index in [-0.39, 0.29) is 30.8 Å². The molecular weight excluding hydrogens is 281 g/mol. The van der Waals surface area contributed by atoms with Crippen molar-refractivity contribution in [3.8, 4) is 0 Å². The number of amides is 1. The average Bonchev–Trinajstić information content (AvgIpc) is 2.36. The van der Waals surface area contributed by atoms with E-state index in [1.807, 2.05) is 13.8 Å². The molecule has 1 unspecified atom stereocenters. The molecule has 0 aromatic rings. The molecule has 124 valence electrons. The van der Waals surface area contributed by atoms with Crippen molar-refractivity contribution >= 4 is 5.91 Å². The summed E-state index contributed by atoms with van der Waals surface area (Å²) in [7, 11) is 3.41. The molecule has 0 heterocycles. The molecule has 0 aromatic heterocycles. The molecule has 1 aliphatic carbocycles. The zero-order chi connectivity index (χ0) is 16.2. The SMILES string of the molecule is CC(C)CC(NC1CCC(C(F)(F)F)CC1)C(=O)N(C)C. The van der Waals surface area contributed by atoms with Crippen molar-refractivity contribution in [3.63, 3.8) is 0 Å². The molecule has 0 aliphatic heterocycles. The van der Waals surface area contributed by atoms with Gasteiger partial charge >= 0.3 is 6.18 Å². The van der Waals surface area contributed by atoms with Crippen LogP contribution < -0.4 is 5.32 Å². The molecule has 1 atom stereocenters. The van der Waals surface area contributed by atoms with Gasteiger partial charge in [0.25, 0.3) is 0 Å². The molecule has 0 saturated heterocycles. The summed E-state index contributed by atoms with van der Waals surface area (Å²) in [6, 6.07) is -0.288. The van der Waals surface area contributed by atoms with Crippen molar-refractivity contribution in [2.75, 3.05) is 14.1 Å². The number of halogens is 3. The van der Waals surface area contributed by atoms with E-state index in [2.05, 4.69) is 5.32 Å². The summed E-state index contributed by atoms with van der Waals surface area (Å²) in [6.45, 7) is 4.08. The Balaban J connectivity index is 2.55. The normalized spacial score (nSPS) is 25.0. The van der Waals surface area contributed by atoms with Crippen molar-refractivity contribution in [2.45, 2.75) is 64.2 Å². The molecule has 3 nitrogen and oxygen atoms in total. The van der Waals surface area contributed by atoms with Gasteiger partial charge in [0.2, 0.25) is 5.91 Å². The van der Waals surface area contributed by atoms with Gasteiger partial charge < -0.3 is 10.2 Å². The van der Waals surface area contributed by atoms with E-state index < -0.39 is 12.1 Å². The summed E-state index contributed by atoms with van der Waals surface area (Å²) < 4.78 is 38.0. The minimum atomic E-state index is -4.08. The Morgan fingerprint density at radius 2 is 1.71 bits per heavy atom. The molecule has 1 amide bonds. The van der Waals surface area contributed by atoms with Gasteiger partial charge in [-0.05, 0) is 38.0 Å². The van der Waals surface area contributed by atoms with Gasteiger partial charge in [-0.3, -0.25) is 4.79 Å². The lowest BCUT2D eigenvalue weighted by Gasteiger charge is -2.33. The number of alkyl halides is 3. The summed E-state index contributed by atoms with van der Waals surface area (Å²) in [6.07, 6.45) is -2.09. The highest BCUT2D eigenvalue weighted by molar-refractivity contribution is 5.81. The number of nitrogens with one attached hydrogen (secondary N) is 1. The summed E-state index contributed by atoms with van der Waals surface area (Å²) >= 11 is 0. The zero-order valence-electron chi connectivity index (χ0n) is 13.3. The third-order valence-electron chi connectivity index (χ3n) is 4.07. The van der Waals surface area contributed by atoms with E-state index in [0.29, 0.717) is 25.2 Å². The van der Waals surface area contributed by atoms with Gasteiger partial charge in [-0.2, -0.15) is 13.2 Å². The van der Waals surface area contributed by atoms with Crippen LogP contribution in [-0.4, -0.2) is 43.2 Å². The first-order valence-corrected chi connectivity index (χ1v) is 7.65. The zero-order valence-corrected chi connectivity index (χ0v) is 13.3. The predicted molar refractivity (Wildman–Crippen MR) is 76.9 cm³/mol. The fourth-order valence-electron chi connectivity index (χ4n) is 2.90. The number of nitrogens with zero attached hydrogens (tertiary/aromatic N) is 1. The Morgan fingerprint density at radius 3 is 2.10 bits per heavy atom. The number of hydrogen-bond donors (Lipinski definition) is 1. The number of hydrogen-bond acceptors (Lipinski definition) is 2. The first-order chi connectivity index (χ1) is 9.61. The van der Waals surface area contributed by atoms with Crippen LogP contribution >= 0.6 is 0 Å². The molecule has 1 N–H and O–H groups in total. The van der Waals surface area contributed by atoms with Gasteiger partial charge in [0, 0.05) is 20.1 Å². The summed E-state index contributed by atoms with van der Waals surface area (Å²) in [5, 5.41) is 3.28. The summed E-state index contributed by atoms with van der Waals surface area (Å²) in [4.78, 5) is 13.7. The van der Waals surface area contributed by atoms with Crippen LogP contribution in [0.1, 0.15) is 46.0 Å². The lowest BCUT2D eigenvalue weighted by atomic mass is 9.85. The molecule has 1 rings (SSSR count). The Hall–Kier alpha value is -0.780. The van der Waals surface area contributed by atoms with Crippen LogP contribution in [-0.2, 0) is 4.79 Å². The highest BCUT2D eigenvalue weighted by Crippen LogP contribution is 2.37. The molecule has 0 radical (unpaired) electrons. The van der Waals surface area contributed by atoms with Crippen molar-refractivity contribution < 1.29 is 18.0 Å². The van der Waals surface area contributed by atoms with E-state index in [4.69, 9.17) is 0 Å². The molecule has 1 saturated carbocycles. The molecule has 0 bridgehead atoms. The van der Waals surface area contributed by atoms with E-state index >= 15 is 0 Å². The van der Waals surface area contributed by atoms with E-state index in [9.17, 15) is 18.0 Å². The second kappa shape index (κ2) is 7.47. The highest BCUT2D eigenvalue weighted by atomic mass is 19.4. The lowest BCUT2D eigenvalue weighted by molar-refractivity contribution is -0.183. The van der Waals surface area contributed by atoms with Crippen LogP contribution in [0, 0.1) is 11.8 Å². The summed E-state index contributed by atoms with van der Waals surface area (Å²) in [5.41, 5.74) is 0. The minimum absolute atomic E-state index is 0.00152. The lowest BCUT2D eigenvalue weighted by Crippen LogP contribution is -2.50. The molecule has 6 heteroatoms.